The van der Waals surface area contributed by atoms with E-state index in [1.54, 1.807) is 6.20 Å². The van der Waals surface area contributed by atoms with Crippen molar-refractivity contribution in [3.05, 3.63) is 29.6 Å². The first-order valence-corrected chi connectivity index (χ1v) is 7.25. The first-order valence-electron chi connectivity index (χ1n) is 7.25. The van der Waals surface area contributed by atoms with Crippen LogP contribution in [-0.4, -0.2) is 29.1 Å². The highest BCUT2D eigenvalue weighted by molar-refractivity contribution is 5.92. The third-order valence-corrected chi connectivity index (χ3v) is 3.95. The lowest BCUT2D eigenvalue weighted by molar-refractivity contribution is 0.402. The molecule has 1 aromatic carbocycles. The van der Waals surface area contributed by atoms with Crippen LogP contribution in [0.2, 0.25) is 0 Å². The van der Waals surface area contributed by atoms with E-state index in [2.05, 4.69) is 27.9 Å². The molecule has 0 aliphatic carbocycles. The second-order valence-corrected chi connectivity index (χ2v) is 5.96. The van der Waals surface area contributed by atoms with E-state index in [1.807, 2.05) is 19.1 Å². The van der Waals surface area contributed by atoms with E-state index in [-0.39, 0.29) is 6.04 Å². The summed E-state index contributed by atoms with van der Waals surface area (Å²) in [5.41, 5.74) is 10.0. The van der Waals surface area contributed by atoms with Crippen LogP contribution in [0.1, 0.15) is 24.6 Å². The lowest BCUT2D eigenvalue weighted by Crippen LogP contribution is -2.46. The molecular weight excluding hydrogens is 262 g/mol. The van der Waals surface area contributed by atoms with E-state index < -0.39 is 0 Å². The van der Waals surface area contributed by atoms with Crippen LogP contribution in [0.15, 0.2) is 18.3 Å². The van der Waals surface area contributed by atoms with Gasteiger partial charge in [-0.2, -0.15) is 5.26 Å². The number of hydrogen-bond acceptors (Lipinski definition) is 5. The molecule has 1 aromatic heterocycles. The summed E-state index contributed by atoms with van der Waals surface area (Å²) >= 11 is 0. The Hall–Kier alpha value is -2.19. The van der Waals surface area contributed by atoms with Crippen LogP contribution in [0.4, 0.5) is 5.69 Å². The molecular formula is C16H19N5. The van der Waals surface area contributed by atoms with Gasteiger partial charge in [0.1, 0.15) is 17.1 Å². The molecule has 108 valence electrons. The van der Waals surface area contributed by atoms with Gasteiger partial charge in [-0.05, 0) is 31.4 Å². The predicted molar refractivity (Wildman–Crippen MR) is 83.0 cm³/mol. The zero-order chi connectivity index (χ0) is 15.0. The van der Waals surface area contributed by atoms with E-state index in [9.17, 15) is 5.26 Å². The Kier molecular flexibility index (Phi) is 3.48. The molecule has 2 atom stereocenters. The molecule has 21 heavy (non-hydrogen) atoms. The average molecular weight is 281 g/mol. The smallest absolute Gasteiger partial charge is 0.113 e. The van der Waals surface area contributed by atoms with E-state index in [1.165, 1.54) is 0 Å². The van der Waals surface area contributed by atoms with Crippen molar-refractivity contribution in [1.82, 2.24) is 9.97 Å². The predicted octanol–water partition coefficient (Wildman–Crippen LogP) is 1.98. The second kappa shape index (κ2) is 5.30. The molecule has 0 spiro atoms. The van der Waals surface area contributed by atoms with Crippen LogP contribution in [0, 0.1) is 24.2 Å². The molecule has 2 heterocycles. The fraction of sp³-hybridized carbons (Fsp3) is 0.438. The maximum absolute atomic E-state index is 9.26. The minimum Gasteiger partial charge on any atom is -0.368 e. The molecule has 2 aromatic rings. The molecule has 5 heteroatoms. The number of nitriles is 1. The Bertz CT molecular complexity index is 708. The van der Waals surface area contributed by atoms with Crippen LogP contribution < -0.4 is 10.6 Å². The Morgan fingerprint density at radius 2 is 2.14 bits per heavy atom. The first-order chi connectivity index (χ1) is 10.1. The molecule has 0 saturated carbocycles. The van der Waals surface area contributed by atoms with Gasteiger partial charge in [-0.25, -0.2) is 4.98 Å². The summed E-state index contributed by atoms with van der Waals surface area (Å²) in [6.45, 7) is 5.89. The van der Waals surface area contributed by atoms with Crippen molar-refractivity contribution in [2.75, 3.05) is 18.0 Å². The number of fused-ring (bicyclic) bond motifs is 1. The van der Waals surface area contributed by atoms with E-state index in [4.69, 9.17) is 5.73 Å². The summed E-state index contributed by atoms with van der Waals surface area (Å²) < 4.78 is 0. The SMILES string of the molecule is Cc1cnc2c(N3CC(C)CC(N)C3)ccc(C#N)c2n1. The first kappa shape index (κ1) is 13.8. The van der Waals surface area contributed by atoms with Crippen molar-refractivity contribution in [3.8, 4) is 6.07 Å². The molecule has 1 fully saturated rings. The van der Waals surface area contributed by atoms with Gasteiger partial charge in [0.2, 0.25) is 0 Å². The lowest BCUT2D eigenvalue weighted by Gasteiger charge is -2.36. The van der Waals surface area contributed by atoms with Crippen molar-refractivity contribution in [3.63, 3.8) is 0 Å². The standard InChI is InChI=1S/C16H19N5/c1-10-5-13(18)9-21(8-10)14-4-3-12(6-17)15-16(14)19-7-11(2)20-15/h3-4,7,10,13H,5,8-9,18H2,1-2H3. The van der Waals surface area contributed by atoms with Crippen LogP contribution in [0.25, 0.3) is 11.0 Å². The largest absolute Gasteiger partial charge is 0.368 e. The van der Waals surface area contributed by atoms with Gasteiger partial charge < -0.3 is 10.6 Å². The number of nitrogens with zero attached hydrogens (tertiary/aromatic N) is 4. The van der Waals surface area contributed by atoms with Crippen LogP contribution in [-0.2, 0) is 0 Å². The highest BCUT2D eigenvalue weighted by Crippen LogP contribution is 2.29. The number of benzene rings is 1. The van der Waals surface area contributed by atoms with Crippen molar-refractivity contribution in [1.29, 1.82) is 5.26 Å². The number of hydrogen-bond donors (Lipinski definition) is 1. The van der Waals surface area contributed by atoms with Gasteiger partial charge in [0.15, 0.2) is 0 Å². The van der Waals surface area contributed by atoms with Gasteiger partial charge in [0.25, 0.3) is 0 Å². The highest BCUT2D eigenvalue weighted by atomic mass is 15.2. The molecule has 0 amide bonds. The Labute approximate surface area is 124 Å². The van der Waals surface area contributed by atoms with Gasteiger partial charge in [-0.15, -0.1) is 0 Å². The Morgan fingerprint density at radius 1 is 1.33 bits per heavy atom. The number of rotatable bonds is 1. The molecule has 2 N–H and O–H groups in total. The maximum atomic E-state index is 9.26. The van der Waals surface area contributed by atoms with Crippen molar-refractivity contribution < 1.29 is 0 Å². The molecule has 1 aliphatic rings. The van der Waals surface area contributed by atoms with E-state index in [0.717, 1.165) is 36.4 Å². The number of aromatic nitrogens is 2. The quantitative estimate of drug-likeness (QED) is 0.864. The fourth-order valence-electron chi connectivity index (χ4n) is 3.11. The molecule has 1 aliphatic heterocycles. The molecule has 0 radical (unpaired) electrons. The third kappa shape index (κ3) is 2.55. The van der Waals surface area contributed by atoms with Crippen LogP contribution >= 0.6 is 0 Å². The maximum Gasteiger partial charge on any atom is 0.113 e. The third-order valence-electron chi connectivity index (χ3n) is 3.95. The summed E-state index contributed by atoms with van der Waals surface area (Å²) in [5.74, 6) is 0.554. The van der Waals surface area contributed by atoms with Gasteiger partial charge in [-0.3, -0.25) is 4.98 Å². The normalized spacial score (nSPS) is 22.3. The number of aryl methyl sites for hydroxylation is 1. The number of anilines is 1. The minimum atomic E-state index is 0.179. The Morgan fingerprint density at radius 3 is 2.86 bits per heavy atom. The molecule has 5 nitrogen and oxygen atoms in total. The summed E-state index contributed by atoms with van der Waals surface area (Å²) in [6.07, 6.45) is 2.80. The molecule has 1 saturated heterocycles. The molecule has 2 unspecified atom stereocenters. The van der Waals surface area contributed by atoms with Crippen molar-refractivity contribution in [2.24, 2.45) is 11.7 Å². The van der Waals surface area contributed by atoms with Crippen LogP contribution in [0.5, 0.6) is 0 Å². The van der Waals surface area contributed by atoms with Crippen molar-refractivity contribution in [2.45, 2.75) is 26.3 Å². The molecule has 0 bridgehead atoms. The minimum absolute atomic E-state index is 0.179. The fourth-order valence-corrected chi connectivity index (χ4v) is 3.11. The summed E-state index contributed by atoms with van der Waals surface area (Å²) in [6, 6.07) is 6.18. The lowest BCUT2D eigenvalue weighted by atomic mass is 9.96. The summed E-state index contributed by atoms with van der Waals surface area (Å²) in [5, 5.41) is 9.26. The summed E-state index contributed by atoms with van der Waals surface area (Å²) in [4.78, 5) is 11.3. The molecule has 3 rings (SSSR count). The zero-order valence-electron chi connectivity index (χ0n) is 12.4. The Balaban J connectivity index is 2.13. The number of nitrogens with two attached hydrogens (primary N) is 1. The highest BCUT2D eigenvalue weighted by Gasteiger charge is 2.24. The van der Waals surface area contributed by atoms with Crippen molar-refractivity contribution >= 4 is 16.7 Å². The van der Waals surface area contributed by atoms with Gasteiger partial charge in [0.05, 0.1) is 16.9 Å². The second-order valence-electron chi connectivity index (χ2n) is 5.96. The summed E-state index contributed by atoms with van der Waals surface area (Å²) in [7, 11) is 0. The average Bonchev–Trinajstić information content (AvgIpc) is 2.44. The number of piperidine rings is 1. The topological polar surface area (TPSA) is 78.8 Å². The van der Waals surface area contributed by atoms with Gasteiger partial charge in [0, 0.05) is 25.3 Å². The van der Waals surface area contributed by atoms with Gasteiger partial charge in [-0.1, -0.05) is 6.92 Å². The zero-order valence-corrected chi connectivity index (χ0v) is 12.4. The van der Waals surface area contributed by atoms with Gasteiger partial charge >= 0.3 is 0 Å². The van der Waals surface area contributed by atoms with E-state index >= 15 is 0 Å². The van der Waals surface area contributed by atoms with Crippen LogP contribution in [0.3, 0.4) is 0 Å². The van der Waals surface area contributed by atoms with E-state index in [0.29, 0.717) is 17.0 Å². The monoisotopic (exact) mass is 281 g/mol.